The van der Waals surface area contributed by atoms with Crippen LogP contribution in [0.5, 0.6) is 0 Å². The number of esters is 1. The Balaban J connectivity index is 2.22. The van der Waals surface area contributed by atoms with Crippen LogP contribution in [0.4, 0.5) is 0 Å². The predicted molar refractivity (Wildman–Crippen MR) is 157 cm³/mol. The number of carbonyl (C=O) groups excluding carboxylic acids is 1. The molecule has 0 radical (unpaired) electrons. The number of rotatable bonds is 8. The van der Waals surface area contributed by atoms with Crippen molar-refractivity contribution in [2.45, 2.75) is 122 Å². The lowest BCUT2D eigenvalue weighted by atomic mass is 9.88. The molecule has 2 aliphatic carbocycles. The van der Waals surface area contributed by atoms with Gasteiger partial charge < -0.3 is 18.7 Å². The Morgan fingerprint density at radius 1 is 1.14 bits per heavy atom. The van der Waals surface area contributed by atoms with Crippen LogP contribution in [0.25, 0.3) is 0 Å². The van der Waals surface area contributed by atoms with E-state index in [9.17, 15) is 9.90 Å². The topological polar surface area (TPSA) is 65.0 Å². The number of fused-ring (bicyclic) bond motifs is 1. The first kappa shape index (κ1) is 32.0. The number of ether oxygens (including phenoxy) is 1. The number of hydrogen-bond donors (Lipinski definition) is 1. The van der Waals surface area contributed by atoms with Crippen LogP contribution in [0.3, 0.4) is 0 Å². The molecule has 2 aliphatic rings. The van der Waals surface area contributed by atoms with E-state index in [0.29, 0.717) is 24.2 Å². The SMILES string of the molecule is COC(=O)C#C[C@H](O)CC1=C[C@H]2C[C@@H](O[Si](C)(C)C(C)(C)C)[C@H](C=C[C@H](C)O[Si](C)(C)C(C)(C)C)[C@H]2C1. The lowest BCUT2D eigenvalue weighted by Crippen LogP contribution is -2.45. The van der Waals surface area contributed by atoms with Gasteiger partial charge in [-0.25, -0.2) is 4.79 Å². The van der Waals surface area contributed by atoms with E-state index >= 15 is 0 Å². The van der Waals surface area contributed by atoms with E-state index in [1.54, 1.807) is 0 Å². The fraction of sp³-hybridized carbons (Fsp3) is 0.767. The highest BCUT2D eigenvalue weighted by atomic mass is 28.4. The van der Waals surface area contributed by atoms with E-state index in [0.717, 1.165) is 12.8 Å². The summed E-state index contributed by atoms with van der Waals surface area (Å²) in [6, 6.07) is 0. The average molecular weight is 549 g/mol. The number of methoxy groups -OCH3 is 1. The van der Waals surface area contributed by atoms with Gasteiger partial charge in [-0.2, -0.15) is 0 Å². The fourth-order valence-corrected chi connectivity index (χ4v) is 7.60. The highest BCUT2D eigenvalue weighted by Gasteiger charge is 2.49. The van der Waals surface area contributed by atoms with Gasteiger partial charge in [-0.1, -0.05) is 71.3 Å². The second-order valence-corrected chi connectivity index (χ2v) is 23.5. The Labute approximate surface area is 228 Å². The minimum atomic E-state index is -1.93. The monoisotopic (exact) mass is 548 g/mol. The maximum atomic E-state index is 11.3. The van der Waals surface area contributed by atoms with Crippen LogP contribution in [0.2, 0.25) is 36.3 Å². The van der Waals surface area contributed by atoms with Crippen LogP contribution in [0.15, 0.2) is 23.8 Å². The van der Waals surface area contributed by atoms with Gasteiger partial charge in [0.25, 0.3) is 0 Å². The summed E-state index contributed by atoms with van der Waals surface area (Å²) in [5.41, 5.74) is 1.22. The second-order valence-electron chi connectivity index (χ2n) is 14.0. The highest BCUT2D eigenvalue weighted by Crippen LogP contribution is 2.51. The lowest BCUT2D eigenvalue weighted by molar-refractivity contribution is -0.133. The summed E-state index contributed by atoms with van der Waals surface area (Å²) in [4.78, 5) is 11.3. The van der Waals surface area contributed by atoms with Crippen molar-refractivity contribution in [3.05, 3.63) is 23.8 Å². The van der Waals surface area contributed by atoms with Gasteiger partial charge in [0.1, 0.15) is 6.10 Å². The maximum absolute atomic E-state index is 11.3. The van der Waals surface area contributed by atoms with Crippen LogP contribution < -0.4 is 0 Å². The van der Waals surface area contributed by atoms with Gasteiger partial charge in [0.15, 0.2) is 16.6 Å². The Kier molecular flexibility index (Phi) is 10.3. The van der Waals surface area contributed by atoms with Gasteiger partial charge in [0, 0.05) is 18.3 Å². The third kappa shape index (κ3) is 8.40. The van der Waals surface area contributed by atoms with Crippen molar-refractivity contribution in [3.8, 4) is 11.8 Å². The van der Waals surface area contributed by atoms with Gasteiger partial charge >= 0.3 is 5.97 Å². The number of allylic oxidation sites excluding steroid dienone is 1. The molecule has 1 N–H and O–H groups in total. The smallest absolute Gasteiger partial charge is 0.384 e. The van der Waals surface area contributed by atoms with Crippen molar-refractivity contribution >= 4 is 22.6 Å². The summed E-state index contributed by atoms with van der Waals surface area (Å²) in [5.74, 6) is 5.51. The average Bonchev–Trinajstić information content (AvgIpc) is 3.24. The van der Waals surface area contributed by atoms with Crippen LogP contribution >= 0.6 is 0 Å². The fourth-order valence-electron chi connectivity index (χ4n) is 4.87. The molecular weight excluding hydrogens is 496 g/mol. The molecule has 0 spiro atoms. The van der Waals surface area contributed by atoms with E-state index in [1.165, 1.54) is 12.7 Å². The molecule has 6 atom stereocenters. The number of aliphatic hydroxyl groups excluding tert-OH is 1. The normalized spacial score (nSPS) is 26.4. The molecule has 7 heteroatoms. The second kappa shape index (κ2) is 11.9. The predicted octanol–water partition coefficient (Wildman–Crippen LogP) is 6.85. The number of hydrogen-bond acceptors (Lipinski definition) is 5. The van der Waals surface area contributed by atoms with E-state index in [-0.39, 0.29) is 22.3 Å². The first-order valence-electron chi connectivity index (χ1n) is 13.8. The van der Waals surface area contributed by atoms with E-state index in [4.69, 9.17) is 8.85 Å². The van der Waals surface area contributed by atoms with Gasteiger partial charge in [-0.05, 0) is 67.9 Å². The minimum absolute atomic E-state index is 0.0534. The van der Waals surface area contributed by atoms with Crippen LogP contribution in [0, 0.1) is 29.6 Å². The number of aliphatic hydroxyl groups is 1. The zero-order valence-corrected chi connectivity index (χ0v) is 27.4. The van der Waals surface area contributed by atoms with E-state index < -0.39 is 28.7 Å². The standard InChI is InChI=1S/C30H52O5Si2/c1-21(34-36(9,10)29(2,3)4)13-15-25-26-19-22(18-24(31)14-16-28(32)33-8)17-23(26)20-27(25)35-37(11,12)30(5,6)7/h13,15,17,21,23-27,31H,18-20H2,1-12H3/t21-,23-,24-,25+,26-,27+/m0/s1. The molecule has 0 aromatic heterocycles. The largest absolute Gasteiger partial charge is 0.459 e. The molecule has 0 heterocycles. The molecular formula is C30H52O5Si2. The molecule has 210 valence electrons. The van der Waals surface area contributed by atoms with Gasteiger partial charge in [-0.3, -0.25) is 0 Å². The zero-order valence-electron chi connectivity index (χ0n) is 25.4. The first-order valence-corrected chi connectivity index (χ1v) is 19.6. The van der Waals surface area contributed by atoms with Crippen molar-refractivity contribution in [1.82, 2.24) is 0 Å². The Bertz CT molecular complexity index is 926. The molecule has 0 bridgehead atoms. The van der Waals surface area contributed by atoms with Crippen LogP contribution in [-0.4, -0.2) is 53.1 Å². The summed E-state index contributed by atoms with van der Waals surface area (Å²) >= 11 is 0. The van der Waals surface area contributed by atoms with E-state index in [1.807, 2.05) is 0 Å². The maximum Gasteiger partial charge on any atom is 0.384 e. The molecule has 37 heavy (non-hydrogen) atoms. The summed E-state index contributed by atoms with van der Waals surface area (Å²) < 4.78 is 18.2. The summed E-state index contributed by atoms with van der Waals surface area (Å²) in [5, 5.41) is 10.7. The third-order valence-corrected chi connectivity index (χ3v) is 18.1. The third-order valence-electron chi connectivity index (χ3n) is 9.05. The Morgan fingerprint density at radius 3 is 2.27 bits per heavy atom. The molecule has 2 rings (SSSR count). The van der Waals surface area contributed by atoms with Gasteiger partial charge in [0.05, 0.1) is 19.3 Å². The minimum Gasteiger partial charge on any atom is -0.459 e. The van der Waals surface area contributed by atoms with Gasteiger partial charge in [0.2, 0.25) is 0 Å². The molecule has 5 nitrogen and oxygen atoms in total. The molecule has 0 aliphatic heterocycles. The van der Waals surface area contributed by atoms with E-state index in [2.05, 4.69) is 109 Å². The quantitative estimate of drug-likeness (QED) is 0.118. The molecule has 0 amide bonds. The van der Waals surface area contributed by atoms with Crippen LogP contribution in [0.1, 0.15) is 67.7 Å². The Morgan fingerprint density at radius 2 is 1.73 bits per heavy atom. The molecule has 0 aromatic carbocycles. The molecule has 0 aromatic rings. The Hall–Kier alpha value is -1.18. The van der Waals surface area contributed by atoms with Crippen molar-refractivity contribution in [2.75, 3.05) is 7.11 Å². The van der Waals surface area contributed by atoms with Crippen molar-refractivity contribution in [1.29, 1.82) is 0 Å². The lowest BCUT2D eigenvalue weighted by Gasteiger charge is -2.40. The summed E-state index contributed by atoms with van der Waals surface area (Å²) in [7, 11) is -2.50. The van der Waals surface area contributed by atoms with Crippen molar-refractivity contribution < 1.29 is 23.5 Å². The molecule has 0 saturated heterocycles. The van der Waals surface area contributed by atoms with Crippen LogP contribution in [-0.2, 0) is 18.4 Å². The zero-order chi connectivity index (χ0) is 28.4. The molecule has 1 fully saturated rings. The van der Waals surface area contributed by atoms with Gasteiger partial charge in [-0.15, -0.1) is 0 Å². The number of carbonyl (C=O) groups is 1. The first-order chi connectivity index (χ1) is 16.8. The summed E-state index contributed by atoms with van der Waals surface area (Å²) in [6.07, 6.45) is 8.71. The van der Waals surface area contributed by atoms with Crippen molar-refractivity contribution in [2.24, 2.45) is 17.8 Å². The summed E-state index contributed by atoms with van der Waals surface area (Å²) in [6.45, 7) is 25.1. The molecule has 0 unspecified atom stereocenters. The molecule has 1 saturated carbocycles. The van der Waals surface area contributed by atoms with Crippen molar-refractivity contribution in [3.63, 3.8) is 0 Å². The highest BCUT2D eigenvalue weighted by molar-refractivity contribution is 6.74.